The van der Waals surface area contributed by atoms with E-state index in [2.05, 4.69) is 55.4 Å². The molecule has 0 saturated carbocycles. The Morgan fingerprint density at radius 2 is 0.406 bits per heavy atom. The van der Waals surface area contributed by atoms with E-state index in [0.29, 0.717) is 104 Å². The standard InChI is InChI=1S/C60H118O9/c1-9-11-13-15-17-19-21-23-25-27-29-31-33-35-37-39-59(61)68-51-57(7)49-66-47-55(5)45-64-43-53(3)41-63-42-54(4)44-65-46-56(6)48-67-50-58(8)52-69-60(62)40-38-36-34-32-30-28-26-24-22-20-18-16-14-12-10-2/h53-58H,9-52H2,1-8H3. The van der Waals surface area contributed by atoms with Crippen molar-refractivity contribution in [3.63, 3.8) is 0 Å². The van der Waals surface area contributed by atoms with Crippen LogP contribution in [0.1, 0.15) is 261 Å². The van der Waals surface area contributed by atoms with E-state index in [1.165, 1.54) is 167 Å². The van der Waals surface area contributed by atoms with Gasteiger partial charge in [-0.15, -0.1) is 0 Å². The van der Waals surface area contributed by atoms with Gasteiger partial charge in [0.05, 0.1) is 79.3 Å². The number of ether oxygens (including phenoxy) is 7. The average Bonchev–Trinajstić information content (AvgIpc) is 3.32. The lowest BCUT2D eigenvalue weighted by Gasteiger charge is -2.19. The molecule has 6 unspecified atom stereocenters. The maximum Gasteiger partial charge on any atom is 0.305 e. The molecule has 0 rings (SSSR count). The summed E-state index contributed by atoms with van der Waals surface area (Å²) in [6.45, 7) is 24.4. The van der Waals surface area contributed by atoms with Gasteiger partial charge in [-0.25, -0.2) is 0 Å². The first-order valence-corrected chi connectivity index (χ1v) is 29.8. The van der Waals surface area contributed by atoms with Crippen molar-refractivity contribution in [2.24, 2.45) is 35.5 Å². The zero-order chi connectivity index (χ0) is 50.7. The number of hydrogen-bond acceptors (Lipinski definition) is 9. The summed E-state index contributed by atoms with van der Waals surface area (Å²) in [5.74, 6) is 1.37. The monoisotopic (exact) mass is 983 g/mol. The van der Waals surface area contributed by atoms with Crippen LogP contribution in [-0.4, -0.2) is 91.2 Å². The predicted molar refractivity (Wildman–Crippen MR) is 290 cm³/mol. The number of rotatable bonds is 56. The lowest BCUT2D eigenvalue weighted by molar-refractivity contribution is -0.146. The third-order valence-corrected chi connectivity index (χ3v) is 13.1. The zero-order valence-corrected chi connectivity index (χ0v) is 47.3. The molecule has 9 nitrogen and oxygen atoms in total. The quantitative estimate of drug-likeness (QED) is 0.0436. The molecule has 0 aliphatic carbocycles. The van der Waals surface area contributed by atoms with E-state index in [-0.39, 0.29) is 35.6 Å². The SMILES string of the molecule is CCCCCCCCCCCCCCCCCC(=O)OCC(C)COCC(C)COCC(C)COCC(C)COCC(C)COCC(C)COC(=O)CCCCCCCCCCCCCCCCC. The molecule has 0 aromatic heterocycles. The van der Waals surface area contributed by atoms with Gasteiger partial charge in [0, 0.05) is 48.3 Å². The fourth-order valence-electron chi connectivity index (χ4n) is 8.54. The van der Waals surface area contributed by atoms with Crippen molar-refractivity contribution in [3.8, 4) is 0 Å². The summed E-state index contributed by atoms with van der Waals surface area (Å²) < 4.78 is 40.8. The summed E-state index contributed by atoms with van der Waals surface area (Å²) in [6.07, 6.45) is 40.7. The molecule has 0 saturated heterocycles. The van der Waals surface area contributed by atoms with Crippen LogP contribution < -0.4 is 0 Å². The summed E-state index contributed by atoms with van der Waals surface area (Å²) in [5, 5.41) is 0. The second-order valence-electron chi connectivity index (χ2n) is 22.1. The van der Waals surface area contributed by atoms with E-state index in [0.717, 1.165) is 25.7 Å². The van der Waals surface area contributed by atoms with Crippen LogP contribution in [0.3, 0.4) is 0 Å². The first-order valence-electron chi connectivity index (χ1n) is 29.8. The van der Waals surface area contributed by atoms with Gasteiger partial charge < -0.3 is 33.2 Å². The van der Waals surface area contributed by atoms with Gasteiger partial charge in [-0.3, -0.25) is 9.59 Å². The molecule has 0 heterocycles. The Labute approximate surface area is 428 Å². The van der Waals surface area contributed by atoms with Gasteiger partial charge in [0.1, 0.15) is 0 Å². The molecule has 0 N–H and O–H groups in total. The lowest BCUT2D eigenvalue weighted by Crippen LogP contribution is -2.22. The molecule has 0 spiro atoms. The third kappa shape index (κ3) is 52.9. The Morgan fingerprint density at radius 3 is 0.594 bits per heavy atom. The van der Waals surface area contributed by atoms with Crippen LogP contribution in [0, 0.1) is 35.5 Å². The highest BCUT2D eigenvalue weighted by atomic mass is 16.5. The summed E-state index contributed by atoms with van der Waals surface area (Å²) in [5.41, 5.74) is 0. The van der Waals surface area contributed by atoms with Crippen LogP contribution in [0.25, 0.3) is 0 Å². The fourth-order valence-corrected chi connectivity index (χ4v) is 8.54. The largest absolute Gasteiger partial charge is 0.465 e. The molecule has 0 fully saturated rings. The normalized spacial score (nSPS) is 14.4. The van der Waals surface area contributed by atoms with Gasteiger partial charge in [0.15, 0.2) is 0 Å². The van der Waals surface area contributed by atoms with Gasteiger partial charge in [-0.2, -0.15) is 0 Å². The van der Waals surface area contributed by atoms with Gasteiger partial charge in [0.2, 0.25) is 0 Å². The zero-order valence-electron chi connectivity index (χ0n) is 47.3. The molecular formula is C60H118O9. The average molecular weight is 984 g/mol. The van der Waals surface area contributed by atoms with Crippen molar-refractivity contribution in [1.29, 1.82) is 0 Å². The number of unbranched alkanes of at least 4 members (excludes halogenated alkanes) is 28. The van der Waals surface area contributed by atoms with Gasteiger partial charge in [0.25, 0.3) is 0 Å². The maximum absolute atomic E-state index is 12.2. The van der Waals surface area contributed by atoms with E-state index in [1.54, 1.807) is 0 Å². The second kappa shape index (κ2) is 53.0. The maximum atomic E-state index is 12.2. The Bertz CT molecular complexity index is 978. The Balaban J connectivity index is 3.63. The molecule has 0 aliphatic heterocycles. The first-order chi connectivity index (χ1) is 33.6. The molecule has 0 aromatic carbocycles. The van der Waals surface area contributed by atoms with E-state index < -0.39 is 0 Å². The van der Waals surface area contributed by atoms with E-state index in [9.17, 15) is 9.59 Å². The highest BCUT2D eigenvalue weighted by Crippen LogP contribution is 2.16. The minimum Gasteiger partial charge on any atom is -0.465 e. The van der Waals surface area contributed by atoms with Crippen LogP contribution in [-0.2, 0) is 42.7 Å². The van der Waals surface area contributed by atoms with Crippen LogP contribution in [0.5, 0.6) is 0 Å². The van der Waals surface area contributed by atoms with E-state index >= 15 is 0 Å². The molecule has 412 valence electrons. The summed E-state index contributed by atoms with van der Waals surface area (Å²) in [6, 6.07) is 0. The lowest BCUT2D eigenvalue weighted by atomic mass is 10.0. The van der Waals surface area contributed by atoms with Crippen molar-refractivity contribution >= 4 is 11.9 Å². The predicted octanol–water partition coefficient (Wildman–Crippen LogP) is 16.5. The molecule has 0 aliphatic rings. The molecule has 69 heavy (non-hydrogen) atoms. The number of esters is 2. The Morgan fingerprint density at radius 1 is 0.246 bits per heavy atom. The van der Waals surface area contributed by atoms with Gasteiger partial charge >= 0.3 is 11.9 Å². The highest BCUT2D eigenvalue weighted by Gasteiger charge is 2.13. The molecule has 0 bridgehead atoms. The fraction of sp³-hybridized carbons (Fsp3) is 0.967. The summed E-state index contributed by atoms with van der Waals surface area (Å²) in [4.78, 5) is 24.5. The Kier molecular flexibility index (Phi) is 52.1. The van der Waals surface area contributed by atoms with Crippen LogP contribution in [0.2, 0.25) is 0 Å². The van der Waals surface area contributed by atoms with Crippen molar-refractivity contribution in [2.75, 3.05) is 79.3 Å². The molecule has 0 radical (unpaired) electrons. The Hall–Kier alpha value is -1.26. The minimum atomic E-state index is -0.0786. The van der Waals surface area contributed by atoms with Crippen LogP contribution in [0.4, 0.5) is 0 Å². The van der Waals surface area contributed by atoms with Crippen molar-refractivity contribution in [1.82, 2.24) is 0 Å². The summed E-state index contributed by atoms with van der Waals surface area (Å²) >= 11 is 0. The molecular weight excluding hydrogens is 865 g/mol. The minimum absolute atomic E-state index is 0.0786. The summed E-state index contributed by atoms with van der Waals surface area (Å²) in [7, 11) is 0. The molecule has 6 atom stereocenters. The first kappa shape index (κ1) is 67.7. The van der Waals surface area contributed by atoms with E-state index in [1.807, 2.05) is 0 Å². The van der Waals surface area contributed by atoms with Crippen molar-refractivity contribution in [2.45, 2.75) is 261 Å². The van der Waals surface area contributed by atoms with Crippen molar-refractivity contribution in [3.05, 3.63) is 0 Å². The smallest absolute Gasteiger partial charge is 0.305 e. The van der Waals surface area contributed by atoms with E-state index in [4.69, 9.17) is 33.2 Å². The second-order valence-corrected chi connectivity index (χ2v) is 22.1. The molecule has 0 amide bonds. The number of hydrogen-bond donors (Lipinski definition) is 0. The number of carbonyl (C=O) groups excluding carboxylic acids is 2. The third-order valence-electron chi connectivity index (χ3n) is 13.1. The van der Waals surface area contributed by atoms with Gasteiger partial charge in [-0.1, -0.05) is 235 Å². The molecule has 0 aromatic rings. The number of carbonyl (C=O) groups is 2. The van der Waals surface area contributed by atoms with Crippen LogP contribution >= 0.6 is 0 Å². The topological polar surface area (TPSA) is 98.8 Å². The van der Waals surface area contributed by atoms with Crippen LogP contribution in [0.15, 0.2) is 0 Å². The van der Waals surface area contributed by atoms with Gasteiger partial charge in [-0.05, 0) is 12.8 Å². The molecule has 9 heteroatoms. The highest BCUT2D eigenvalue weighted by molar-refractivity contribution is 5.69. The van der Waals surface area contributed by atoms with Crippen molar-refractivity contribution < 1.29 is 42.7 Å².